The largest absolute Gasteiger partial charge is 1.00 e. The maximum Gasteiger partial charge on any atom is 1.00 e. The molecule has 5 N–H and O–H groups in total. The normalized spacial score (nSPS) is 12.8. The SMILES string of the molecule is C.COC1CCC(OC)O1.Clc1cccnc1-n1cccc1.Nc1ccccn1.Nc1ncccc1Cl.O=C(O)c1c[c-]cn1-c1ncccc1Cl.O=Cc1cccn1-c1ncccc1Cl.O=P(Cl)(Cl)Cl.[Rb+]. The van der Waals surface area contributed by atoms with Gasteiger partial charge in [-0.05, 0) is 124 Å². The van der Waals surface area contributed by atoms with Crippen molar-refractivity contribution in [2.45, 2.75) is 32.8 Å². The predicted molar refractivity (Wildman–Crippen MR) is 283 cm³/mol. The van der Waals surface area contributed by atoms with Gasteiger partial charge in [-0.15, -0.1) is 0 Å². The molecule has 0 aliphatic carbocycles. The molecular formula is C46H47Cl7N10O7PRb. The van der Waals surface area contributed by atoms with Gasteiger partial charge in [0, 0.05) is 76.6 Å². The molecule has 26 heteroatoms. The van der Waals surface area contributed by atoms with Gasteiger partial charge in [-0.3, -0.25) is 18.7 Å². The number of hydrogen-bond donors (Lipinski definition) is 3. The van der Waals surface area contributed by atoms with Crippen LogP contribution in [0.2, 0.25) is 20.1 Å². The van der Waals surface area contributed by atoms with Gasteiger partial charge < -0.3 is 39.9 Å². The zero-order valence-corrected chi connectivity index (χ0v) is 48.9. The Hall–Kier alpha value is -3.72. The Morgan fingerprint density at radius 3 is 1.54 bits per heavy atom. The van der Waals surface area contributed by atoms with Gasteiger partial charge in [0.2, 0.25) is 0 Å². The summed E-state index contributed by atoms with van der Waals surface area (Å²) in [6.45, 7) is 0. The van der Waals surface area contributed by atoms with E-state index in [0.29, 0.717) is 49.1 Å². The number of halogens is 7. The van der Waals surface area contributed by atoms with Crippen LogP contribution in [0.1, 0.15) is 41.2 Å². The number of methoxy groups -OCH3 is 2. The van der Waals surface area contributed by atoms with Gasteiger partial charge in [0.1, 0.15) is 17.5 Å². The molecule has 8 aromatic rings. The third-order valence-electron chi connectivity index (χ3n) is 8.27. The maximum atomic E-state index is 10.9. The number of carboxylic acid groups (broad SMARTS) is 1. The van der Waals surface area contributed by atoms with E-state index < -0.39 is 11.2 Å². The Balaban J connectivity index is 0.000000429. The number of nitrogens with zero attached hydrogens (tertiary/aromatic N) is 8. The van der Waals surface area contributed by atoms with E-state index in [-0.39, 0.29) is 83.9 Å². The molecule has 378 valence electrons. The van der Waals surface area contributed by atoms with Crippen LogP contribution in [0, 0.1) is 6.07 Å². The molecule has 72 heavy (non-hydrogen) atoms. The first-order valence-electron chi connectivity index (χ1n) is 19.8. The van der Waals surface area contributed by atoms with Crippen LogP contribution < -0.4 is 69.7 Å². The Labute approximate surface area is 500 Å². The van der Waals surface area contributed by atoms with Crippen LogP contribution in [-0.2, 0) is 18.8 Å². The number of hydrogen-bond acceptors (Lipinski definition) is 13. The molecular weight excluding hydrogens is 1170 g/mol. The average molecular weight is 1220 g/mol. The topological polar surface area (TPSA) is 230 Å². The molecule has 0 bridgehead atoms. The number of rotatable bonds is 7. The molecule has 1 aliphatic heterocycles. The van der Waals surface area contributed by atoms with Crippen LogP contribution in [0.25, 0.3) is 17.5 Å². The molecule has 17 nitrogen and oxygen atoms in total. The number of aromatic nitrogens is 8. The molecule has 9 heterocycles. The smallest absolute Gasteiger partial charge is 0.490 e. The van der Waals surface area contributed by atoms with Gasteiger partial charge >= 0.3 is 63.4 Å². The average Bonchev–Trinajstić information content (AvgIpc) is 4.20. The second-order valence-electron chi connectivity index (χ2n) is 13.0. The molecule has 2 unspecified atom stereocenters. The number of carbonyl (C=O) groups excluding carboxylic acids is 1. The van der Waals surface area contributed by atoms with E-state index in [0.717, 1.165) is 24.9 Å². The molecule has 2 atom stereocenters. The number of ether oxygens (including phenoxy) is 3. The van der Waals surface area contributed by atoms with Crippen LogP contribution in [-0.4, -0.2) is 82.8 Å². The van der Waals surface area contributed by atoms with Crippen molar-refractivity contribution in [3.8, 4) is 17.5 Å². The van der Waals surface area contributed by atoms with Crippen molar-refractivity contribution >= 4 is 109 Å². The first-order valence-corrected chi connectivity index (χ1v) is 25.7. The molecule has 1 fully saturated rings. The fourth-order valence-corrected chi connectivity index (χ4v) is 5.97. The number of nitrogens with two attached hydrogens (primary N) is 2. The molecule has 9 rings (SSSR count). The predicted octanol–water partition coefficient (Wildman–Crippen LogP) is 10.1. The minimum absolute atomic E-state index is 0. The maximum absolute atomic E-state index is 10.9. The molecule has 8 aromatic heterocycles. The van der Waals surface area contributed by atoms with Crippen molar-refractivity contribution < 1.29 is 91.7 Å². The van der Waals surface area contributed by atoms with Gasteiger partial charge in [0.05, 0.1) is 25.8 Å². The minimum atomic E-state index is -3.22. The standard InChI is InChI=1S/C10H6ClN2O2.C10H7ClN2O.C9H7ClN2.C6H12O3.C5H5ClN2.C5H6N2.CH4.Cl3OP.Rb/c11-7-3-1-5-12-9(7)13-6-2-4-8(13)10(14)15;11-9-4-1-5-12-10(9)13-6-2-3-8(13)7-14;10-8-4-3-5-11-9(8)12-6-1-2-7-12;1-7-5-3-4-6(8-2)9-5;6-4-2-1-3-8-5(4)7;6-5-3-1-2-4-7-5;;1-5(2,3)4;/h1,3-6H,(H,14,15);1-7H;1-7H;5-6H,3-4H2,1-2H3;1-3H,(H2,7,8);1-4H,(H2,6,7);1H4;;/q-1;;;;;;;;+1. The minimum Gasteiger partial charge on any atom is -0.490 e. The molecule has 0 amide bonds. The van der Waals surface area contributed by atoms with Crippen molar-refractivity contribution in [3.05, 3.63) is 190 Å². The number of carbonyl (C=O) groups is 2. The van der Waals surface area contributed by atoms with Crippen LogP contribution in [0.3, 0.4) is 0 Å². The summed E-state index contributed by atoms with van der Waals surface area (Å²) < 4.78 is 29.5. The summed E-state index contributed by atoms with van der Waals surface area (Å²) in [7, 11) is 3.28. The Morgan fingerprint density at radius 2 is 1.17 bits per heavy atom. The van der Waals surface area contributed by atoms with E-state index in [2.05, 4.69) is 64.7 Å². The second kappa shape index (κ2) is 36.3. The molecule has 1 saturated heterocycles. The second-order valence-corrected chi connectivity index (χ2v) is 21.3. The summed E-state index contributed by atoms with van der Waals surface area (Å²) in [6.07, 6.45) is 17.8. The summed E-state index contributed by atoms with van der Waals surface area (Å²) in [5.74, 6) is 1.64. The summed E-state index contributed by atoms with van der Waals surface area (Å²) in [5, 5.41) is 7.75. The van der Waals surface area contributed by atoms with E-state index in [9.17, 15) is 14.2 Å². The molecule has 0 radical (unpaired) electrons. The quantitative estimate of drug-likeness (QED) is 0.0766. The fourth-order valence-electron chi connectivity index (χ4n) is 5.20. The van der Waals surface area contributed by atoms with Gasteiger partial charge in [0.25, 0.3) is 5.97 Å². The van der Waals surface area contributed by atoms with E-state index in [1.165, 1.54) is 16.8 Å². The van der Waals surface area contributed by atoms with Crippen LogP contribution in [0.15, 0.2) is 153 Å². The summed E-state index contributed by atoms with van der Waals surface area (Å²) in [5.41, 5.74) is 11.1. The van der Waals surface area contributed by atoms with Crippen molar-refractivity contribution in [2.75, 3.05) is 25.7 Å². The number of carboxylic acids is 1. The molecule has 0 spiro atoms. The van der Waals surface area contributed by atoms with Gasteiger partial charge in [-0.2, -0.15) is 0 Å². The van der Waals surface area contributed by atoms with Gasteiger partial charge in [-0.1, -0.05) is 66.1 Å². The van der Waals surface area contributed by atoms with Crippen LogP contribution >= 0.6 is 85.3 Å². The zero-order chi connectivity index (χ0) is 51.5. The summed E-state index contributed by atoms with van der Waals surface area (Å²) >= 11 is 37.2. The molecule has 0 saturated carbocycles. The summed E-state index contributed by atoms with van der Waals surface area (Å²) in [4.78, 5) is 41.3. The molecule has 1 aliphatic rings. The van der Waals surface area contributed by atoms with Crippen LogP contribution in [0.4, 0.5) is 11.6 Å². The number of nitrogen functional groups attached to an aromatic ring is 2. The first-order chi connectivity index (χ1) is 33.5. The molecule has 0 aromatic carbocycles. The van der Waals surface area contributed by atoms with E-state index in [1.807, 2.05) is 53.4 Å². The van der Waals surface area contributed by atoms with Gasteiger partial charge in [0.15, 0.2) is 30.5 Å². The Morgan fingerprint density at radius 1 is 0.694 bits per heavy atom. The van der Waals surface area contributed by atoms with Gasteiger partial charge in [-0.25, -0.2) is 37.1 Å². The Kier molecular flexibility index (Phi) is 33.4. The van der Waals surface area contributed by atoms with Crippen LogP contribution in [0.5, 0.6) is 0 Å². The van der Waals surface area contributed by atoms with Crippen molar-refractivity contribution in [3.63, 3.8) is 0 Å². The third-order valence-corrected chi connectivity index (χ3v) is 9.47. The number of aldehydes is 1. The summed E-state index contributed by atoms with van der Waals surface area (Å²) in [6, 6.07) is 30.7. The number of anilines is 2. The Bertz CT molecular complexity index is 2790. The van der Waals surface area contributed by atoms with Crippen molar-refractivity contribution in [1.82, 2.24) is 38.6 Å². The van der Waals surface area contributed by atoms with Crippen molar-refractivity contribution in [2.24, 2.45) is 0 Å². The monoisotopic (exact) mass is 1210 g/mol. The van der Waals surface area contributed by atoms with E-state index >= 15 is 0 Å². The fraction of sp³-hybridized carbons (Fsp3) is 0.152. The zero-order valence-electron chi connectivity index (χ0n) is 37.8. The number of pyridine rings is 5. The number of aromatic carboxylic acids is 1. The van der Waals surface area contributed by atoms with E-state index in [1.54, 1.807) is 111 Å². The first kappa shape index (κ1) is 66.3. The third kappa shape index (κ3) is 25.0. The van der Waals surface area contributed by atoms with Crippen molar-refractivity contribution in [1.29, 1.82) is 0 Å². The van der Waals surface area contributed by atoms with E-state index in [4.69, 9.17) is 77.2 Å².